The van der Waals surface area contributed by atoms with Crippen LogP contribution in [-0.4, -0.2) is 35.1 Å². The molecule has 3 heterocycles. The van der Waals surface area contributed by atoms with Crippen LogP contribution in [0.25, 0.3) is 11.7 Å². The molecule has 0 bridgehead atoms. The van der Waals surface area contributed by atoms with E-state index < -0.39 is 0 Å². The van der Waals surface area contributed by atoms with Crippen molar-refractivity contribution >= 4 is 23.5 Å². The monoisotopic (exact) mass is 377 g/mol. The van der Waals surface area contributed by atoms with Gasteiger partial charge in [0.2, 0.25) is 0 Å². The second-order valence-electron chi connectivity index (χ2n) is 6.40. The van der Waals surface area contributed by atoms with Crippen LogP contribution < -0.4 is 10.5 Å². The molecule has 8 nitrogen and oxygen atoms in total. The molecule has 1 saturated heterocycles. The average Bonchev–Trinajstić information content (AvgIpc) is 2.73. The summed E-state index contributed by atoms with van der Waals surface area (Å²) in [6.07, 6.45) is 4.29. The van der Waals surface area contributed by atoms with E-state index in [9.17, 15) is 9.59 Å². The van der Waals surface area contributed by atoms with Gasteiger partial charge >= 0.3 is 5.97 Å². The molecule has 1 unspecified atom stereocenters. The molecule has 1 aliphatic heterocycles. The van der Waals surface area contributed by atoms with Crippen molar-refractivity contribution in [1.82, 2.24) is 9.38 Å². The predicted molar refractivity (Wildman–Crippen MR) is 102 cm³/mol. The number of rotatable bonds is 4. The molecule has 0 radical (unpaired) electrons. The molecular weight excluding hydrogens is 358 g/mol. The van der Waals surface area contributed by atoms with Gasteiger partial charge in [-0.15, -0.1) is 0 Å². The third-order valence-electron chi connectivity index (χ3n) is 4.62. The van der Waals surface area contributed by atoms with Crippen LogP contribution in [0.1, 0.15) is 25.3 Å². The molecule has 142 valence electrons. The van der Waals surface area contributed by atoms with Crippen molar-refractivity contribution in [1.29, 1.82) is 10.5 Å². The minimum Gasteiger partial charge on any atom is -0.466 e. The van der Waals surface area contributed by atoms with Gasteiger partial charge in [-0.1, -0.05) is 6.07 Å². The summed E-state index contributed by atoms with van der Waals surface area (Å²) in [6.45, 7) is 3.05. The van der Waals surface area contributed by atoms with Crippen molar-refractivity contribution in [3.63, 3.8) is 0 Å². The number of pyridine rings is 1. The minimum atomic E-state index is -0.373. The number of esters is 1. The quantitative estimate of drug-likeness (QED) is 0.591. The molecule has 0 aromatic carbocycles. The van der Waals surface area contributed by atoms with Crippen LogP contribution in [0.3, 0.4) is 0 Å². The summed E-state index contributed by atoms with van der Waals surface area (Å²) < 4.78 is 6.51. The lowest BCUT2D eigenvalue weighted by Crippen LogP contribution is -2.41. The number of aromatic nitrogens is 2. The molecule has 1 fully saturated rings. The molecule has 0 amide bonds. The second-order valence-corrected chi connectivity index (χ2v) is 6.40. The van der Waals surface area contributed by atoms with Crippen LogP contribution in [0.15, 0.2) is 34.8 Å². The highest BCUT2D eigenvalue weighted by atomic mass is 16.5. The summed E-state index contributed by atoms with van der Waals surface area (Å²) >= 11 is 0. The lowest BCUT2D eigenvalue weighted by atomic mass is 9.97. The Hall–Kier alpha value is -3.65. The Morgan fingerprint density at radius 3 is 2.89 bits per heavy atom. The maximum absolute atomic E-state index is 13.0. The van der Waals surface area contributed by atoms with Crippen molar-refractivity contribution in [2.75, 3.05) is 24.6 Å². The first-order valence-electron chi connectivity index (χ1n) is 9.04. The zero-order valence-electron chi connectivity index (χ0n) is 15.5. The average molecular weight is 377 g/mol. The molecule has 0 aliphatic carbocycles. The van der Waals surface area contributed by atoms with E-state index in [1.165, 1.54) is 10.5 Å². The van der Waals surface area contributed by atoms with Crippen LogP contribution in [0.4, 0.5) is 5.82 Å². The Balaban J connectivity index is 2.12. The summed E-state index contributed by atoms with van der Waals surface area (Å²) in [6, 6.07) is 8.75. The normalized spacial score (nSPS) is 16.1. The maximum Gasteiger partial charge on any atom is 0.310 e. The molecule has 0 spiro atoms. The lowest BCUT2D eigenvalue weighted by molar-refractivity contribution is -0.148. The highest BCUT2D eigenvalue weighted by molar-refractivity contribution is 5.75. The van der Waals surface area contributed by atoms with Gasteiger partial charge < -0.3 is 9.64 Å². The molecule has 3 rings (SSSR count). The Kier molecular flexibility index (Phi) is 5.71. The Labute approximate surface area is 161 Å². The van der Waals surface area contributed by atoms with Crippen LogP contribution in [0, 0.1) is 28.6 Å². The smallest absolute Gasteiger partial charge is 0.310 e. The number of ether oxygens (including phenoxy) is 1. The van der Waals surface area contributed by atoms with Crippen LogP contribution in [0.2, 0.25) is 0 Å². The number of allylic oxidation sites excluding steroid dienone is 1. The van der Waals surface area contributed by atoms with Gasteiger partial charge in [-0.2, -0.15) is 10.5 Å². The van der Waals surface area contributed by atoms with E-state index in [1.54, 1.807) is 43.5 Å². The zero-order chi connectivity index (χ0) is 20.1. The van der Waals surface area contributed by atoms with Crippen LogP contribution in [-0.2, 0) is 9.53 Å². The van der Waals surface area contributed by atoms with Gasteiger partial charge in [0.05, 0.1) is 18.1 Å². The molecule has 28 heavy (non-hydrogen) atoms. The number of carbonyl (C=O) groups excluding carboxylic acids is 1. The fourth-order valence-electron chi connectivity index (χ4n) is 3.31. The molecule has 0 N–H and O–H groups in total. The topological polar surface area (TPSA) is 111 Å². The van der Waals surface area contributed by atoms with Gasteiger partial charge in [0.15, 0.2) is 0 Å². The Bertz CT molecular complexity index is 1060. The first-order valence-corrected chi connectivity index (χ1v) is 9.04. The number of fused-ring (bicyclic) bond motifs is 1. The third kappa shape index (κ3) is 3.72. The summed E-state index contributed by atoms with van der Waals surface area (Å²) in [5.74, 6) is -0.210. The first-order chi connectivity index (χ1) is 13.6. The van der Waals surface area contributed by atoms with Gasteiger partial charge in [0.1, 0.15) is 29.2 Å². The predicted octanol–water partition coefficient (Wildman–Crippen LogP) is 1.90. The van der Waals surface area contributed by atoms with E-state index >= 15 is 0 Å². The van der Waals surface area contributed by atoms with Gasteiger partial charge in [0, 0.05) is 19.3 Å². The second kappa shape index (κ2) is 8.36. The summed E-state index contributed by atoms with van der Waals surface area (Å²) in [7, 11) is 0. The number of anilines is 1. The molecule has 2 aromatic heterocycles. The summed E-state index contributed by atoms with van der Waals surface area (Å²) in [4.78, 5) is 31.6. The molecular formula is C20H19N5O3. The molecule has 2 aromatic rings. The standard InChI is InChI=1S/C20H19N5O3/c1-2-28-20(27)15-6-5-8-24(13-15)18-16(10-14(11-21)12-22)19(26)25-9-4-3-7-17(25)23-18/h3-4,7,9-10,15H,2,5-6,8,13H2,1H3. The number of hydrogen-bond donors (Lipinski definition) is 0. The third-order valence-corrected chi connectivity index (χ3v) is 4.62. The zero-order valence-corrected chi connectivity index (χ0v) is 15.5. The van der Waals surface area contributed by atoms with Crippen LogP contribution >= 0.6 is 0 Å². The fraction of sp³-hybridized carbons (Fsp3) is 0.350. The molecule has 1 aliphatic rings. The van der Waals surface area contributed by atoms with E-state index in [0.717, 1.165) is 6.42 Å². The van der Waals surface area contributed by atoms with Crippen molar-refractivity contribution in [2.45, 2.75) is 19.8 Å². The first kappa shape index (κ1) is 19.1. The number of piperidine rings is 1. The minimum absolute atomic E-state index is 0.159. The van der Waals surface area contributed by atoms with Crippen molar-refractivity contribution in [2.24, 2.45) is 5.92 Å². The Morgan fingerprint density at radius 1 is 1.39 bits per heavy atom. The fourth-order valence-corrected chi connectivity index (χ4v) is 3.31. The van der Waals surface area contributed by atoms with E-state index in [-0.39, 0.29) is 28.6 Å². The van der Waals surface area contributed by atoms with E-state index in [2.05, 4.69) is 4.98 Å². The van der Waals surface area contributed by atoms with E-state index in [0.29, 0.717) is 37.6 Å². The SMILES string of the molecule is CCOC(=O)C1CCCN(c2nc3ccccn3c(=O)c2C=C(C#N)C#N)C1. The highest BCUT2D eigenvalue weighted by Gasteiger charge is 2.29. The van der Waals surface area contributed by atoms with Crippen molar-refractivity contribution < 1.29 is 9.53 Å². The largest absolute Gasteiger partial charge is 0.466 e. The number of hydrogen-bond acceptors (Lipinski definition) is 7. The van der Waals surface area contributed by atoms with E-state index in [4.69, 9.17) is 15.3 Å². The number of nitriles is 2. The highest BCUT2D eigenvalue weighted by Crippen LogP contribution is 2.26. The maximum atomic E-state index is 13.0. The van der Waals surface area contributed by atoms with Crippen molar-refractivity contribution in [3.8, 4) is 12.1 Å². The molecule has 8 heteroatoms. The number of nitrogens with zero attached hydrogens (tertiary/aromatic N) is 5. The molecule has 0 saturated carbocycles. The Morgan fingerprint density at radius 2 is 2.18 bits per heavy atom. The van der Waals surface area contributed by atoms with Gasteiger partial charge in [0.25, 0.3) is 5.56 Å². The summed E-state index contributed by atoms with van der Waals surface area (Å²) in [5, 5.41) is 18.2. The van der Waals surface area contributed by atoms with Crippen LogP contribution in [0.5, 0.6) is 0 Å². The van der Waals surface area contributed by atoms with Gasteiger partial charge in [-0.3, -0.25) is 14.0 Å². The lowest BCUT2D eigenvalue weighted by Gasteiger charge is -2.33. The molecule has 1 atom stereocenters. The summed E-state index contributed by atoms with van der Waals surface area (Å²) in [5.41, 5.74) is 0.0523. The van der Waals surface area contributed by atoms with Gasteiger partial charge in [-0.25, -0.2) is 4.98 Å². The van der Waals surface area contributed by atoms with Gasteiger partial charge in [-0.05, 0) is 38.0 Å². The number of carbonyl (C=O) groups is 1. The van der Waals surface area contributed by atoms with Crippen molar-refractivity contribution in [3.05, 3.63) is 45.9 Å². The van der Waals surface area contributed by atoms with E-state index in [1.807, 2.05) is 4.90 Å².